The van der Waals surface area contributed by atoms with E-state index in [9.17, 15) is 4.79 Å². The lowest BCUT2D eigenvalue weighted by Crippen LogP contribution is -2.27. The summed E-state index contributed by atoms with van der Waals surface area (Å²) in [7, 11) is 3.21. The molecule has 1 aromatic carbocycles. The summed E-state index contributed by atoms with van der Waals surface area (Å²) in [6.07, 6.45) is 4.47. The molecule has 1 amide bonds. The van der Waals surface area contributed by atoms with Crippen molar-refractivity contribution in [3.05, 3.63) is 41.9 Å². The highest BCUT2D eigenvalue weighted by molar-refractivity contribution is 5.92. The summed E-state index contributed by atoms with van der Waals surface area (Å²) in [4.78, 5) is 22.9. The molecule has 3 rings (SSSR count). The second kappa shape index (κ2) is 8.51. The zero-order valence-corrected chi connectivity index (χ0v) is 15.2. The highest BCUT2D eigenvalue weighted by Gasteiger charge is 2.16. The molecule has 1 N–H and O–H groups in total. The molecule has 1 fully saturated rings. The number of benzene rings is 1. The summed E-state index contributed by atoms with van der Waals surface area (Å²) in [5.41, 5.74) is 1.46. The van der Waals surface area contributed by atoms with E-state index in [1.165, 1.54) is 6.33 Å². The second-order valence-electron chi connectivity index (χ2n) is 6.15. The van der Waals surface area contributed by atoms with Gasteiger partial charge in [0.2, 0.25) is 0 Å². The van der Waals surface area contributed by atoms with Crippen LogP contribution in [0.4, 0.5) is 5.82 Å². The van der Waals surface area contributed by atoms with E-state index in [0.717, 1.165) is 37.3 Å². The number of nitrogens with zero attached hydrogens (tertiary/aromatic N) is 3. The van der Waals surface area contributed by atoms with Gasteiger partial charge >= 0.3 is 0 Å². The van der Waals surface area contributed by atoms with E-state index < -0.39 is 0 Å². The molecule has 138 valence electrons. The third-order valence-electron chi connectivity index (χ3n) is 4.46. The number of amides is 1. The van der Waals surface area contributed by atoms with Crippen molar-refractivity contribution in [2.45, 2.75) is 19.3 Å². The molecule has 0 radical (unpaired) electrons. The number of rotatable bonds is 7. The first-order valence-corrected chi connectivity index (χ1v) is 8.77. The van der Waals surface area contributed by atoms with E-state index in [1.807, 2.05) is 18.2 Å². The molecule has 7 heteroatoms. The van der Waals surface area contributed by atoms with Gasteiger partial charge in [-0.05, 0) is 37.0 Å². The van der Waals surface area contributed by atoms with E-state index >= 15 is 0 Å². The lowest BCUT2D eigenvalue weighted by molar-refractivity contribution is 0.0949. The van der Waals surface area contributed by atoms with Crippen LogP contribution in [-0.4, -0.2) is 49.7 Å². The smallest absolute Gasteiger partial charge is 0.270 e. The molecule has 2 heterocycles. The van der Waals surface area contributed by atoms with Crippen molar-refractivity contribution in [3.8, 4) is 11.5 Å². The first-order valence-electron chi connectivity index (χ1n) is 8.77. The van der Waals surface area contributed by atoms with Gasteiger partial charge in [-0.2, -0.15) is 0 Å². The number of nitrogens with one attached hydrogen (secondary N) is 1. The minimum absolute atomic E-state index is 0.187. The Hall–Kier alpha value is -2.83. The highest BCUT2D eigenvalue weighted by Crippen LogP contribution is 2.27. The van der Waals surface area contributed by atoms with Gasteiger partial charge < -0.3 is 19.7 Å². The molecule has 1 aliphatic heterocycles. The van der Waals surface area contributed by atoms with Crippen LogP contribution in [0, 0.1) is 0 Å². The average Bonchev–Trinajstić information content (AvgIpc) is 3.22. The molecule has 26 heavy (non-hydrogen) atoms. The Bertz CT molecular complexity index is 760. The molecule has 7 nitrogen and oxygen atoms in total. The summed E-state index contributed by atoms with van der Waals surface area (Å²) >= 11 is 0. The standard InChI is InChI=1S/C19H24N4O3/c1-25-16-6-5-14(11-17(16)26-2)7-8-20-19(24)15-12-18(22-13-21-15)23-9-3-4-10-23/h5-6,11-13H,3-4,7-10H2,1-2H3,(H,20,24). The topological polar surface area (TPSA) is 76.6 Å². The molecular formula is C19H24N4O3. The molecule has 0 bridgehead atoms. The summed E-state index contributed by atoms with van der Waals surface area (Å²) < 4.78 is 10.5. The molecule has 1 aromatic heterocycles. The quantitative estimate of drug-likeness (QED) is 0.818. The monoisotopic (exact) mass is 356 g/mol. The number of carbonyl (C=O) groups excluding carboxylic acids is 1. The van der Waals surface area contributed by atoms with E-state index in [0.29, 0.717) is 30.2 Å². The zero-order chi connectivity index (χ0) is 18.4. The van der Waals surface area contributed by atoms with Crippen molar-refractivity contribution >= 4 is 11.7 Å². The number of hydrogen-bond acceptors (Lipinski definition) is 6. The van der Waals surface area contributed by atoms with Crippen molar-refractivity contribution in [3.63, 3.8) is 0 Å². The van der Waals surface area contributed by atoms with E-state index in [2.05, 4.69) is 20.2 Å². The van der Waals surface area contributed by atoms with Crippen molar-refractivity contribution in [2.24, 2.45) is 0 Å². The first kappa shape index (κ1) is 18.0. The van der Waals surface area contributed by atoms with Crippen molar-refractivity contribution < 1.29 is 14.3 Å². The number of aromatic nitrogens is 2. The van der Waals surface area contributed by atoms with Gasteiger partial charge in [-0.15, -0.1) is 0 Å². The Labute approximate surface area is 153 Å². The third kappa shape index (κ3) is 4.22. The number of carbonyl (C=O) groups is 1. The van der Waals surface area contributed by atoms with Gasteiger partial charge in [-0.25, -0.2) is 9.97 Å². The minimum atomic E-state index is -0.187. The van der Waals surface area contributed by atoms with Crippen LogP contribution in [0.1, 0.15) is 28.9 Å². The predicted octanol–water partition coefficient (Wildman–Crippen LogP) is 2.07. The molecule has 0 atom stereocenters. The number of methoxy groups -OCH3 is 2. The van der Waals surface area contributed by atoms with E-state index in [-0.39, 0.29) is 5.91 Å². The largest absolute Gasteiger partial charge is 0.493 e. The normalized spacial score (nSPS) is 13.5. The molecule has 0 unspecified atom stereocenters. The Balaban J connectivity index is 1.56. The van der Waals surface area contributed by atoms with Gasteiger partial charge in [0.05, 0.1) is 14.2 Å². The van der Waals surface area contributed by atoms with Crippen LogP contribution in [0.5, 0.6) is 11.5 Å². The van der Waals surface area contributed by atoms with Gasteiger partial charge in [0.1, 0.15) is 17.8 Å². The molecule has 0 aliphatic carbocycles. The maximum absolute atomic E-state index is 12.4. The fourth-order valence-electron chi connectivity index (χ4n) is 3.04. The van der Waals surface area contributed by atoms with Crippen LogP contribution in [0.2, 0.25) is 0 Å². The Kier molecular flexibility index (Phi) is 5.88. The molecule has 2 aromatic rings. The van der Waals surface area contributed by atoms with Gasteiger partial charge in [0.15, 0.2) is 11.5 Å². The minimum Gasteiger partial charge on any atom is -0.493 e. The molecule has 0 spiro atoms. The van der Waals surface area contributed by atoms with Gasteiger partial charge in [0.25, 0.3) is 5.91 Å². The summed E-state index contributed by atoms with van der Waals surface area (Å²) in [6, 6.07) is 7.50. The molecule has 1 saturated heterocycles. The van der Waals surface area contributed by atoms with Crippen molar-refractivity contribution in [2.75, 3.05) is 38.8 Å². The molecule has 0 saturated carbocycles. The first-order chi connectivity index (χ1) is 12.7. The van der Waals surface area contributed by atoms with Gasteiger partial charge in [-0.1, -0.05) is 6.07 Å². The zero-order valence-electron chi connectivity index (χ0n) is 15.2. The van der Waals surface area contributed by atoms with Gasteiger partial charge in [-0.3, -0.25) is 4.79 Å². The lowest BCUT2D eigenvalue weighted by Gasteiger charge is -2.16. The summed E-state index contributed by atoms with van der Waals surface area (Å²) in [6.45, 7) is 2.48. The van der Waals surface area contributed by atoms with Crippen molar-refractivity contribution in [1.29, 1.82) is 0 Å². The van der Waals surface area contributed by atoms with Crippen LogP contribution in [0.3, 0.4) is 0 Å². The number of hydrogen-bond donors (Lipinski definition) is 1. The summed E-state index contributed by atoms with van der Waals surface area (Å²) in [5, 5.41) is 2.91. The Morgan fingerprint density at radius 3 is 2.62 bits per heavy atom. The van der Waals surface area contributed by atoms with Crippen LogP contribution >= 0.6 is 0 Å². The fraction of sp³-hybridized carbons (Fsp3) is 0.421. The lowest BCUT2D eigenvalue weighted by atomic mass is 10.1. The maximum Gasteiger partial charge on any atom is 0.270 e. The SMILES string of the molecule is COc1ccc(CCNC(=O)c2cc(N3CCCC3)ncn2)cc1OC. The highest BCUT2D eigenvalue weighted by atomic mass is 16.5. The van der Waals surface area contributed by atoms with E-state index in [1.54, 1.807) is 20.3 Å². The number of anilines is 1. The van der Waals surface area contributed by atoms with Crippen LogP contribution in [0.15, 0.2) is 30.6 Å². The Morgan fingerprint density at radius 1 is 1.12 bits per heavy atom. The van der Waals surface area contributed by atoms with Crippen LogP contribution in [0.25, 0.3) is 0 Å². The van der Waals surface area contributed by atoms with Crippen LogP contribution < -0.4 is 19.7 Å². The molecule has 1 aliphatic rings. The molecular weight excluding hydrogens is 332 g/mol. The predicted molar refractivity (Wildman–Crippen MR) is 99.1 cm³/mol. The van der Waals surface area contributed by atoms with Crippen LogP contribution in [-0.2, 0) is 6.42 Å². The third-order valence-corrected chi connectivity index (χ3v) is 4.46. The maximum atomic E-state index is 12.4. The second-order valence-corrected chi connectivity index (χ2v) is 6.15. The van der Waals surface area contributed by atoms with E-state index in [4.69, 9.17) is 9.47 Å². The van der Waals surface area contributed by atoms with Crippen molar-refractivity contribution in [1.82, 2.24) is 15.3 Å². The fourth-order valence-corrected chi connectivity index (χ4v) is 3.04. The number of ether oxygens (including phenoxy) is 2. The van der Waals surface area contributed by atoms with Gasteiger partial charge in [0, 0.05) is 25.7 Å². The average molecular weight is 356 g/mol. The summed E-state index contributed by atoms with van der Waals surface area (Å²) in [5.74, 6) is 2.01. The Morgan fingerprint density at radius 2 is 1.88 bits per heavy atom.